The molecule has 10 heteroatoms. The number of likely N-dealkylation sites (tertiary alicyclic amines) is 1. The summed E-state index contributed by atoms with van der Waals surface area (Å²) in [6.45, 7) is 0.803. The van der Waals surface area contributed by atoms with Crippen LogP contribution in [0.1, 0.15) is 30.4 Å². The van der Waals surface area contributed by atoms with Crippen molar-refractivity contribution in [2.45, 2.75) is 44.4 Å². The molecule has 1 saturated heterocycles. The van der Waals surface area contributed by atoms with E-state index < -0.39 is 12.8 Å². The lowest BCUT2D eigenvalue weighted by atomic mass is 10.0. The number of carbonyl (C=O) groups is 1. The van der Waals surface area contributed by atoms with Crippen LogP contribution in [0.25, 0.3) is 0 Å². The van der Waals surface area contributed by atoms with Gasteiger partial charge in [0.2, 0.25) is 5.91 Å². The van der Waals surface area contributed by atoms with Crippen molar-refractivity contribution in [2.24, 2.45) is 0 Å². The minimum atomic E-state index is -4.44. The van der Waals surface area contributed by atoms with Gasteiger partial charge >= 0.3 is 6.18 Å². The van der Waals surface area contributed by atoms with E-state index in [1.54, 1.807) is 18.2 Å². The first-order chi connectivity index (χ1) is 16.7. The Morgan fingerprint density at radius 1 is 1.00 bits per heavy atom. The molecule has 0 aliphatic carbocycles. The Morgan fingerprint density at radius 2 is 1.66 bits per heavy atom. The molecule has 192 valence electrons. The number of piperidine rings is 1. The molecule has 0 aromatic heterocycles. The first kappa shape index (κ1) is 26.6. The van der Waals surface area contributed by atoms with Crippen molar-refractivity contribution in [1.82, 2.24) is 10.2 Å². The molecule has 0 unspecified atom stereocenters. The molecule has 1 aliphatic rings. The summed E-state index contributed by atoms with van der Waals surface area (Å²) in [5, 5.41) is 3.05. The second kappa shape index (κ2) is 12.1. The van der Waals surface area contributed by atoms with Crippen molar-refractivity contribution in [3.8, 4) is 17.2 Å². The van der Waals surface area contributed by atoms with Gasteiger partial charge in [-0.3, -0.25) is 9.69 Å². The number of amides is 1. The standard InChI is InChI=1S/C25H30F4N2O4/c1-33-21-6-4-18(13-20(21)26)15-31-11-9-19(10-12-31)30-24(32)8-5-17-3-7-22(23(14-17)34-2)35-16-25(27,28)29/h3-4,6-7,13-14,19H,5,8-12,15-16H2,1-2H3,(H,30,32). The third-order valence-electron chi connectivity index (χ3n) is 5.84. The van der Waals surface area contributed by atoms with Crippen LogP contribution < -0.4 is 19.5 Å². The minimum Gasteiger partial charge on any atom is -0.494 e. The summed E-state index contributed by atoms with van der Waals surface area (Å²) < 4.78 is 65.9. The molecular weight excluding hydrogens is 468 g/mol. The van der Waals surface area contributed by atoms with Crippen LogP contribution >= 0.6 is 0 Å². The fraction of sp³-hybridized carbons (Fsp3) is 0.480. The van der Waals surface area contributed by atoms with Crippen LogP contribution in [0.4, 0.5) is 17.6 Å². The van der Waals surface area contributed by atoms with E-state index in [1.165, 1.54) is 26.4 Å². The van der Waals surface area contributed by atoms with Gasteiger partial charge in [-0.15, -0.1) is 0 Å². The van der Waals surface area contributed by atoms with E-state index >= 15 is 0 Å². The van der Waals surface area contributed by atoms with E-state index in [2.05, 4.69) is 10.2 Å². The quantitative estimate of drug-likeness (QED) is 0.489. The number of nitrogens with zero attached hydrogens (tertiary/aromatic N) is 1. The molecular formula is C25H30F4N2O4. The zero-order valence-corrected chi connectivity index (χ0v) is 19.8. The van der Waals surface area contributed by atoms with Crippen molar-refractivity contribution in [2.75, 3.05) is 33.9 Å². The molecule has 0 spiro atoms. The van der Waals surface area contributed by atoms with E-state index in [9.17, 15) is 22.4 Å². The van der Waals surface area contributed by atoms with E-state index in [1.807, 2.05) is 6.07 Å². The predicted octanol–water partition coefficient (Wildman–Crippen LogP) is 4.50. The Hall–Kier alpha value is -3.01. The SMILES string of the molecule is COc1ccc(CN2CCC(NC(=O)CCc3ccc(OCC(F)(F)F)c(OC)c3)CC2)cc1F. The molecule has 3 rings (SSSR count). The number of hydrogen-bond acceptors (Lipinski definition) is 5. The van der Waals surface area contributed by atoms with Gasteiger partial charge in [0.15, 0.2) is 29.7 Å². The van der Waals surface area contributed by atoms with Gasteiger partial charge in [0.1, 0.15) is 0 Å². The molecule has 1 N–H and O–H groups in total. The summed E-state index contributed by atoms with van der Waals surface area (Å²) in [6, 6.07) is 9.65. The molecule has 1 fully saturated rings. The topological polar surface area (TPSA) is 60.0 Å². The summed E-state index contributed by atoms with van der Waals surface area (Å²) in [6.07, 6.45) is -2.18. The Balaban J connectivity index is 1.41. The maximum atomic E-state index is 13.9. The third-order valence-corrected chi connectivity index (χ3v) is 5.84. The molecule has 0 saturated carbocycles. The van der Waals surface area contributed by atoms with E-state index in [4.69, 9.17) is 14.2 Å². The van der Waals surface area contributed by atoms with Crippen LogP contribution in [0.3, 0.4) is 0 Å². The van der Waals surface area contributed by atoms with Gasteiger partial charge in [-0.1, -0.05) is 12.1 Å². The Labute approximate surface area is 202 Å². The Kier molecular flexibility index (Phi) is 9.20. The molecule has 1 heterocycles. The number of nitrogens with one attached hydrogen (secondary N) is 1. The first-order valence-electron chi connectivity index (χ1n) is 11.4. The highest BCUT2D eigenvalue weighted by Crippen LogP contribution is 2.30. The lowest BCUT2D eigenvalue weighted by Gasteiger charge is -2.32. The van der Waals surface area contributed by atoms with Gasteiger partial charge < -0.3 is 19.5 Å². The molecule has 6 nitrogen and oxygen atoms in total. The average Bonchev–Trinajstić information content (AvgIpc) is 2.82. The molecule has 0 atom stereocenters. The maximum absolute atomic E-state index is 13.9. The summed E-state index contributed by atoms with van der Waals surface area (Å²) in [5.41, 5.74) is 1.63. The number of ether oxygens (including phenoxy) is 3. The zero-order valence-electron chi connectivity index (χ0n) is 19.8. The Bertz CT molecular complexity index is 992. The molecule has 2 aromatic rings. The highest BCUT2D eigenvalue weighted by molar-refractivity contribution is 5.76. The number of aryl methyl sites for hydroxylation is 1. The number of rotatable bonds is 10. The average molecular weight is 499 g/mol. The molecule has 1 aliphatic heterocycles. The zero-order chi connectivity index (χ0) is 25.4. The number of hydrogen-bond donors (Lipinski definition) is 1. The largest absolute Gasteiger partial charge is 0.494 e. The van der Waals surface area contributed by atoms with Crippen molar-refractivity contribution in [3.05, 3.63) is 53.3 Å². The van der Waals surface area contributed by atoms with Crippen LogP contribution in [0.15, 0.2) is 36.4 Å². The lowest BCUT2D eigenvalue weighted by Crippen LogP contribution is -2.44. The summed E-state index contributed by atoms with van der Waals surface area (Å²) in [7, 11) is 2.78. The Morgan fingerprint density at radius 3 is 2.29 bits per heavy atom. The van der Waals surface area contributed by atoms with Crippen molar-refractivity contribution < 1.29 is 36.6 Å². The highest BCUT2D eigenvalue weighted by Gasteiger charge is 2.29. The van der Waals surface area contributed by atoms with Crippen LogP contribution in [0.2, 0.25) is 0 Å². The van der Waals surface area contributed by atoms with E-state index in [0.29, 0.717) is 13.0 Å². The smallest absolute Gasteiger partial charge is 0.422 e. The number of benzene rings is 2. The van der Waals surface area contributed by atoms with Gasteiger partial charge in [0, 0.05) is 32.1 Å². The third kappa shape index (κ3) is 8.31. The maximum Gasteiger partial charge on any atom is 0.422 e. The molecule has 1 amide bonds. The van der Waals surface area contributed by atoms with Gasteiger partial charge in [0.25, 0.3) is 0 Å². The van der Waals surface area contributed by atoms with E-state index in [-0.39, 0.29) is 41.4 Å². The minimum absolute atomic E-state index is 0.00200. The number of carbonyl (C=O) groups excluding carboxylic acids is 1. The van der Waals surface area contributed by atoms with Crippen LogP contribution in [-0.2, 0) is 17.8 Å². The lowest BCUT2D eigenvalue weighted by molar-refractivity contribution is -0.153. The predicted molar refractivity (Wildman–Crippen MR) is 122 cm³/mol. The normalized spacial score (nSPS) is 15.0. The molecule has 0 bridgehead atoms. The van der Waals surface area contributed by atoms with Crippen molar-refractivity contribution in [3.63, 3.8) is 0 Å². The van der Waals surface area contributed by atoms with Crippen LogP contribution in [0, 0.1) is 5.82 Å². The fourth-order valence-corrected chi connectivity index (χ4v) is 4.01. The second-order valence-electron chi connectivity index (χ2n) is 8.48. The van der Waals surface area contributed by atoms with Crippen molar-refractivity contribution in [1.29, 1.82) is 0 Å². The summed E-state index contributed by atoms with van der Waals surface area (Å²) in [4.78, 5) is 14.7. The number of methoxy groups -OCH3 is 2. The highest BCUT2D eigenvalue weighted by atomic mass is 19.4. The van der Waals surface area contributed by atoms with Crippen LogP contribution in [0.5, 0.6) is 17.2 Å². The number of alkyl halides is 3. The fourth-order valence-electron chi connectivity index (χ4n) is 4.01. The van der Waals surface area contributed by atoms with Crippen molar-refractivity contribution >= 4 is 5.91 Å². The monoisotopic (exact) mass is 498 g/mol. The van der Waals surface area contributed by atoms with Gasteiger partial charge in [-0.2, -0.15) is 13.2 Å². The van der Waals surface area contributed by atoms with Crippen LogP contribution in [-0.4, -0.2) is 56.9 Å². The van der Waals surface area contributed by atoms with Gasteiger partial charge in [-0.05, 0) is 54.7 Å². The van der Waals surface area contributed by atoms with Gasteiger partial charge in [0.05, 0.1) is 14.2 Å². The van der Waals surface area contributed by atoms with E-state index in [0.717, 1.165) is 37.1 Å². The summed E-state index contributed by atoms with van der Waals surface area (Å²) in [5.74, 6) is -0.0527. The molecule has 2 aromatic carbocycles. The summed E-state index contributed by atoms with van der Waals surface area (Å²) >= 11 is 0. The first-order valence-corrected chi connectivity index (χ1v) is 11.4. The van der Waals surface area contributed by atoms with Gasteiger partial charge in [-0.25, -0.2) is 4.39 Å². The molecule has 0 radical (unpaired) electrons. The second-order valence-corrected chi connectivity index (χ2v) is 8.48. The molecule has 35 heavy (non-hydrogen) atoms. The number of halogens is 4.